The van der Waals surface area contributed by atoms with Gasteiger partial charge in [-0.05, 0) is 42.6 Å². The number of hydrogen-bond acceptors (Lipinski definition) is 11. The molecule has 0 aliphatic carbocycles. The Morgan fingerprint density at radius 1 is 1.00 bits per heavy atom. The summed E-state index contributed by atoms with van der Waals surface area (Å²) in [7, 11) is 4.67. The summed E-state index contributed by atoms with van der Waals surface area (Å²) in [6.07, 6.45) is 1.03. The molecule has 2 aromatic heterocycles. The van der Waals surface area contributed by atoms with Crippen LogP contribution >= 0.6 is 11.8 Å². The minimum Gasteiger partial charge on any atom is -0.485 e. The van der Waals surface area contributed by atoms with Crippen LogP contribution in [0.25, 0.3) is 0 Å². The molecule has 49 heavy (non-hydrogen) atoms. The molecule has 1 aliphatic rings. The second kappa shape index (κ2) is 14.7. The molecule has 0 spiro atoms. The van der Waals surface area contributed by atoms with Gasteiger partial charge < -0.3 is 23.5 Å². The summed E-state index contributed by atoms with van der Waals surface area (Å²) >= 11 is 0.605. The Kier molecular flexibility index (Phi) is 10.0. The van der Waals surface area contributed by atoms with E-state index in [0.717, 1.165) is 24.2 Å². The first-order valence-electron chi connectivity index (χ1n) is 15.0. The van der Waals surface area contributed by atoms with Crippen molar-refractivity contribution in [2.24, 2.45) is 7.05 Å². The minimum atomic E-state index is -1.17. The summed E-state index contributed by atoms with van der Waals surface area (Å²) in [6, 6.07) is 22.9. The molecule has 1 N–H and O–H groups in total. The van der Waals surface area contributed by atoms with Gasteiger partial charge in [-0.1, -0.05) is 48.5 Å². The first-order valence-corrected chi connectivity index (χ1v) is 15.8. The molecule has 6 rings (SSSR count). The largest absolute Gasteiger partial charge is 0.485 e. The highest BCUT2D eigenvalue weighted by molar-refractivity contribution is 7.99. The third-order valence-electron chi connectivity index (χ3n) is 7.69. The van der Waals surface area contributed by atoms with Crippen molar-refractivity contribution in [2.45, 2.75) is 22.8 Å². The molecule has 5 aromatic rings. The van der Waals surface area contributed by atoms with Gasteiger partial charge in [0.2, 0.25) is 11.6 Å². The van der Waals surface area contributed by atoms with Crippen LogP contribution in [-0.2, 0) is 18.4 Å². The van der Waals surface area contributed by atoms with Crippen LogP contribution in [0.15, 0.2) is 89.0 Å². The SMILES string of the molecule is COC(=O)c1cnc(Sc2c(F)c(Oc3cc(C#N)ccc3OCc3ccccc3)nc(Oc3ccccc3C3NCCN3C)c2F)n1C. The predicted molar refractivity (Wildman–Crippen MR) is 175 cm³/mol. The zero-order valence-corrected chi connectivity index (χ0v) is 27.5. The van der Waals surface area contributed by atoms with Crippen molar-refractivity contribution in [1.82, 2.24) is 24.8 Å². The van der Waals surface area contributed by atoms with E-state index in [2.05, 4.69) is 20.2 Å². The molecule has 0 saturated carbocycles. The number of likely N-dealkylation sites (N-methyl/N-ethyl adjacent to an activating group) is 1. The highest BCUT2D eigenvalue weighted by Gasteiger charge is 2.30. The molecule has 0 bridgehead atoms. The van der Waals surface area contributed by atoms with E-state index in [1.165, 1.54) is 43.1 Å². The second-order valence-corrected chi connectivity index (χ2v) is 11.9. The van der Waals surface area contributed by atoms with E-state index in [4.69, 9.17) is 18.9 Å². The fourth-order valence-electron chi connectivity index (χ4n) is 5.11. The molecule has 1 aliphatic heterocycles. The van der Waals surface area contributed by atoms with Gasteiger partial charge in [0.05, 0.1) is 36.0 Å². The quantitative estimate of drug-likeness (QED) is 0.151. The van der Waals surface area contributed by atoms with Crippen molar-refractivity contribution in [3.8, 4) is 35.1 Å². The van der Waals surface area contributed by atoms with Crippen LogP contribution in [0.4, 0.5) is 8.78 Å². The van der Waals surface area contributed by atoms with Gasteiger partial charge >= 0.3 is 5.97 Å². The van der Waals surface area contributed by atoms with E-state index in [1.807, 2.05) is 55.6 Å². The Balaban J connectivity index is 1.43. The Morgan fingerprint density at radius 2 is 1.71 bits per heavy atom. The number of esters is 1. The first-order chi connectivity index (χ1) is 23.8. The molecule has 14 heteroatoms. The number of aromatic nitrogens is 3. The van der Waals surface area contributed by atoms with E-state index in [-0.39, 0.29) is 46.4 Å². The van der Waals surface area contributed by atoms with Gasteiger partial charge in [-0.15, -0.1) is 0 Å². The molecule has 0 radical (unpaired) electrons. The number of ether oxygens (including phenoxy) is 4. The molecule has 250 valence electrons. The molecule has 1 atom stereocenters. The summed E-state index contributed by atoms with van der Waals surface area (Å²) in [6.45, 7) is 1.68. The van der Waals surface area contributed by atoms with Gasteiger partial charge in [0.1, 0.15) is 18.1 Å². The third-order valence-corrected chi connectivity index (χ3v) is 8.81. The van der Waals surface area contributed by atoms with Gasteiger partial charge in [0.25, 0.3) is 11.8 Å². The number of pyridine rings is 1. The summed E-state index contributed by atoms with van der Waals surface area (Å²) in [5.41, 5.74) is 1.86. The number of para-hydroxylation sites is 1. The summed E-state index contributed by atoms with van der Waals surface area (Å²) < 4.78 is 56.9. The number of halogens is 2. The number of imidazole rings is 1. The fourth-order valence-corrected chi connectivity index (χ4v) is 5.99. The van der Waals surface area contributed by atoms with Crippen molar-refractivity contribution < 1.29 is 32.5 Å². The maximum absolute atomic E-state index is 16.4. The minimum absolute atomic E-state index is 0.0305. The maximum Gasteiger partial charge on any atom is 0.356 e. The summed E-state index contributed by atoms with van der Waals surface area (Å²) in [5.74, 6) is -3.72. The third kappa shape index (κ3) is 7.19. The smallest absolute Gasteiger partial charge is 0.356 e. The number of nitriles is 1. The Bertz CT molecular complexity index is 2040. The normalized spacial score (nSPS) is 14.3. The van der Waals surface area contributed by atoms with Crippen LogP contribution in [0.5, 0.6) is 29.0 Å². The van der Waals surface area contributed by atoms with Crippen LogP contribution in [-0.4, -0.2) is 52.7 Å². The van der Waals surface area contributed by atoms with Gasteiger partial charge in [-0.3, -0.25) is 10.2 Å². The Labute approximate surface area is 285 Å². The number of benzene rings is 3. The lowest BCUT2D eigenvalue weighted by molar-refractivity contribution is 0.0589. The standard InChI is InChI=1S/C35H30F2N6O5S/c1-42-16-15-39-31(42)23-11-7-8-12-25(23)47-32-28(36)30(49-35-40-19-24(43(35)2)34(44)45-3)29(37)33(41-32)48-27-17-22(18-38)13-14-26(27)46-20-21-9-5-4-6-10-21/h4-14,17,19,31,39H,15-16,20H2,1-3H3. The summed E-state index contributed by atoms with van der Waals surface area (Å²) in [5, 5.41) is 13.1. The molecule has 3 aromatic carbocycles. The molecule has 1 saturated heterocycles. The highest BCUT2D eigenvalue weighted by Crippen LogP contribution is 2.43. The number of hydrogen-bond donors (Lipinski definition) is 1. The van der Waals surface area contributed by atoms with Crippen molar-refractivity contribution >= 4 is 17.7 Å². The van der Waals surface area contributed by atoms with Crippen molar-refractivity contribution in [1.29, 1.82) is 5.26 Å². The molecule has 3 heterocycles. The molecule has 11 nitrogen and oxygen atoms in total. The number of rotatable bonds is 11. The van der Waals surface area contributed by atoms with Crippen LogP contribution in [0.3, 0.4) is 0 Å². The van der Waals surface area contributed by atoms with E-state index < -0.39 is 34.3 Å². The first kappa shape index (κ1) is 33.4. The highest BCUT2D eigenvalue weighted by atomic mass is 32.2. The molecule has 1 unspecified atom stereocenters. The van der Waals surface area contributed by atoms with Crippen LogP contribution < -0.4 is 19.5 Å². The lowest BCUT2D eigenvalue weighted by Crippen LogP contribution is -2.24. The molecule has 1 fully saturated rings. The molecular formula is C35H30F2N6O5S. The van der Waals surface area contributed by atoms with Gasteiger partial charge in [0, 0.05) is 31.8 Å². The second-order valence-electron chi connectivity index (χ2n) is 10.9. The van der Waals surface area contributed by atoms with E-state index in [9.17, 15) is 10.1 Å². The van der Waals surface area contributed by atoms with Crippen molar-refractivity contribution in [2.75, 3.05) is 27.2 Å². The van der Waals surface area contributed by atoms with Crippen LogP contribution in [0, 0.1) is 23.0 Å². The summed E-state index contributed by atoms with van der Waals surface area (Å²) in [4.78, 5) is 22.1. The van der Waals surface area contributed by atoms with Crippen molar-refractivity contribution in [3.05, 3.63) is 113 Å². The number of carbonyl (C=O) groups is 1. The lowest BCUT2D eigenvalue weighted by atomic mass is 10.1. The molecule has 0 amide bonds. The Morgan fingerprint density at radius 3 is 2.41 bits per heavy atom. The maximum atomic E-state index is 16.4. The lowest BCUT2D eigenvalue weighted by Gasteiger charge is -2.22. The van der Waals surface area contributed by atoms with Crippen LogP contribution in [0.2, 0.25) is 0 Å². The van der Waals surface area contributed by atoms with E-state index in [1.54, 1.807) is 12.1 Å². The van der Waals surface area contributed by atoms with Crippen LogP contribution in [0.1, 0.15) is 33.3 Å². The average Bonchev–Trinajstić information content (AvgIpc) is 3.72. The number of nitrogens with one attached hydrogen (secondary N) is 1. The number of nitrogens with zero attached hydrogens (tertiary/aromatic N) is 5. The van der Waals surface area contributed by atoms with E-state index >= 15 is 8.78 Å². The monoisotopic (exact) mass is 684 g/mol. The fraction of sp³-hybridized carbons (Fsp3) is 0.200. The number of carbonyl (C=O) groups excluding carboxylic acids is 1. The van der Waals surface area contributed by atoms with Crippen molar-refractivity contribution in [3.63, 3.8) is 0 Å². The van der Waals surface area contributed by atoms with E-state index in [0.29, 0.717) is 11.8 Å². The van der Waals surface area contributed by atoms with Gasteiger partial charge in [0.15, 0.2) is 16.7 Å². The zero-order chi connectivity index (χ0) is 34.5. The average molecular weight is 685 g/mol. The van der Waals surface area contributed by atoms with Gasteiger partial charge in [-0.2, -0.15) is 19.0 Å². The van der Waals surface area contributed by atoms with Gasteiger partial charge in [-0.25, -0.2) is 9.78 Å². The molecular weight excluding hydrogens is 654 g/mol. The number of methoxy groups -OCH3 is 1. The topological polar surface area (TPSA) is 124 Å². The predicted octanol–water partition coefficient (Wildman–Crippen LogP) is 6.60. The zero-order valence-electron chi connectivity index (χ0n) is 26.6. The Hall–Kier alpha value is -5.49.